The van der Waals surface area contributed by atoms with Crippen LogP contribution < -0.4 is 5.63 Å². The van der Waals surface area contributed by atoms with Crippen molar-refractivity contribution < 1.29 is 23.7 Å². The molecular weight excluding hydrogens is 378 g/mol. The Kier molecular flexibility index (Phi) is 6.10. The molecule has 3 rings (SSSR count). The highest BCUT2D eigenvalue weighted by Crippen LogP contribution is 2.36. The van der Waals surface area contributed by atoms with Crippen LogP contribution in [0.4, 0.5) is 0 Å². The zero-order valence-electron chi connectivity index (χ0n) is 16.4. The molecule has 0 N–H and O–H groups in total. The number of carbonyl (C=O) groups is 2. The molecule has 0 radical (unpaired) electrons. The Morgan fingerprint density at radius 3 is 2.76 bits per heavy atom. The highest BCUT2D eigenvalue weighted by atomic mass is 16.6. The van der Waals surface area contributed by atoms with E-state index in [4.69, 9.17) is 9.15 Å². The number of fused-ring (bicyclic) bond motifs is 1. The summed E-state index contributed by atoms with van der Waals surface area (Å²) in [6, 6.07) is 6.78. The summed E-state index contributed by atoms with van der Waals surface area (Å²) in [6.07, 6.45) is 0.833. The molecule has 3 atom stereocenters. The molecule has 1 aliphatic carbocycles. The van der Waals surface area contributed by atoms with Gasteiger partial charge in [-0.15, -0.1) is 0 Å². The third-order valence-corrected chi connectivity index (χ3v) is 5.62. The predicted octanol–water partition coefficient (Wildman–Crippen LogP) is 2.91. The van der Waals surface area contributed by atoms with Crippen LogP contribution in [0.25, 0.3) is 11.0 Å². The SMILES string of the molecule is CCc1ccc2c(COC(=O)C[C@@H]3C(=O)C[C@@H](C)[C@H]3C[N+](=O)[O-])cc(=O)oc2c1. The highest BCUT2D eigenvalue weighted by Gasteiger charge is 2.44. The Morgan fingerprint density at radius 2 is 2.07 bits per heavy atom. The Balaban J connectivity index is 1.71. The average molecular weight is 401 g/mol. The topological polar surface area (TPSA) is 117 Å². The predicted molar refractivity (Wildman–Crippen MR) is 104 cm³/mol. The number of nitrogens with zero attached hydrogens (tertiary/aromatic N) is 1. The molecule has 1 heterocycles. The summed E-state index contributed by atoms with van der Waals surface area (Å²) < 4.78 is 10.5. The minimum Gasteiger partial charge on any atom is -0.461 e. The van der Waals surface area contributed by atoms with Crippen molar-refractivity contribution in [2.75, 3.05) is 6.54 Å². The molecule has 2 aromatic rings. The second-order valence-electron chi connectivity index (χ2n) is 7.57. The zero-order chi connectivity index (χ0) is 21.1. The minimum atomic E-state index is -0.701. The number of nitro groups is 1. The van der Waals surface area contributed by atoms with Crippen LogP contribution in [0.2, 0.25) is 0 Å². The molecule has 1 saturated carbocycles. The van der Waals surface area contributed by atoms with Gasteiger partial charge in [0.25, 0.3) is 0 Å². The number of ketones is 1. The summed E-state index contributed by atoms with van der Waals surface area (Å²) in [5.41, 5.74) is 1.41. The smallest absolute Gasteiger partial charge is 0.336 e. The van der Waals surface area contributed by atoms with Gasteiger partial charge in [0, 0.05) is 40.2 Å². The van der Waals surface area contributed by atoms with Gasteiger partial charge >= 0.3 is 11.6 Å². The molecule has 0 amide bonds. The van der Waals surface area contributed by atoms with Gasteiger partial charge in [-0.1, -0.05) is 26.0 Å². The molecule has 154 valence electrons. The van der Waals surface area contributed by atoms with Crippen molar-refractivity contribution in [3.63, 3.8) is 0 Å². The molecule has 29 heavy (non-hydrogen) atoms. The molecule has 0 spiro atoms. The van der Waals surface area contributed by atoms with Crippen LogP contribution in [0.1, 0.15) is 37.8 Å². The van der Waals surface area contributed by atoms with E-state index >= 15 is 0 Å². The molecule has 0 unspecified atom stereocenters. The van der Waals surface area contributed by atoms with E-state index in [9.17, 15) is 24.5 Å². The number of aryl methyl sites for hydroxylation is 1. The van der Waals surface area contributed by atoms with Gasteiger partial charge < -0.3 is 9.15 Å². The molecule has 8 nitrogen and oxygen atoms in total. The Morgan fingerprint density at radius 1 is 1.31 bits per heavy atom. The molecule has 1 aliphatic rings. The fourth-order valence-electron chi connectivity index (χ4n) is 4.01. The van der Waals surface area contributed by atoms with Crippen molar-refractivity contribution in [2.24, 2.45) is 17.8 Å². The summed E-state index contributed by atoms with van der Waals surface area (Å²) >= 11 is 0. The Labute approximate surface area is 167 Å². The quantitative estimate of drug-likeness (QED) is 0.303. The fraction of sp³-hybridized carbons (Fsp3) is 0.476. The zero-order valence-corrected chi connectivity index (χ0v) is 16.4. The Bertz CT molecular complexity index is 1010. The van der Waals surface area contributed by atoms with Crippen LogP contribution in [0.5, 0.6) is 0 Å². The maximum absolute atomic E-state index is 12.3. The normalized spacial score (nSPS) is 21.4. The van der Waals surface area contributed by atoms with Gasteiger partial charge in [-0.3, -0.25) is 19.7 Å². The van der Waals surface area contributed by atoms with Gasteiger partial charge in [0.2, 0.25) is 6.54 Å². The van der Waals surface area contributed by atoms with E-state index in [1.54, 1.807) is 13.0 Å². The van der Waals surface area contributed by atoms with Gasteiger partial charge in [0.05, 0.1) is 6.42 Å². The molecule has 1 aromatic carbocycles. The lowest BCUT2D eigenvalue weighted by atomic mass is 9.88. The van der Waals surface area contributed by atoms with Crippen molar-refractivity contribution in [3.05, 3.63) is 55.9 Å². The van der Waals surface area contributed by atoms with E-state index in [0.29, 0.717) is 16.5 Å². The standard InChI is InChI=1S/C21H23NO7/c1-3-13-4-5-15-14(8-21(25)29-19(15)7-13)11-28-20(24)9-16-17(10-22(26)27)12(2)6-18(16)23/h4-5,7-8,12,16-17H,3,6,9-11H2,1-2H3/t12-,16+,17-/m1/s1. The Hall–Kier alpha value is -3.03. The first-order valence-electron chi connectivity index (χ1n) is 9.64. The molecule has 0 saturated heterocycles. The first-order chi connectivity index (χ1) is 13.8. The van der Waals surface area contributed by atoms with Crippen LogP contribution in [0.15, 0.2) is 33.5 Å². The van der Waals surface area contributed by atoms with Crippen molar-refractivity contribution >= 4 is 22.7 Å². The van der Waals surface area contributed by atoms with Crippen molar-refractivity contribution in [2.45, 2.75) is 39.7 Å². The molecule has 0 bridgehead atoms. The summed E-state index contributed by atoms with van der Waals surface area (Å²) in [5.74, 6) is -2.06. The van der Waals surface area contributed by atoms with Crippen LogP contribution >= 0.6 is 0 Å². The molecule has 1 fully saturated rings. The van der Waals surface area contributed by atoms with E-state index < -0.39 is 28.4 Å². The molecule has 8 heteroatoms. The van der Waals surface area contributed by atoms with Gasteiger partial charge in [0.15, 0.2) is 0 Å². The maximum Gasteiger partial charge on any atom is 0.336 e. The van der Waals surface area contributed by atoms with Gasteiger partial charge in [0.1, 0.15) is 18.0 Å². The third kappa shape index (κ3) is 4.70. The number of Topliss-reactive ketones (excluding diaryl/α,β-unsaturated/α-hetero) is 1. The van der Waals surface area contributed by atoms with Crippen molar-refractivity contribution in [1.82, 2.24) is 0 Å². The highest BCUT2D eigenvalue weighted by molar-refractivity contribution is 5.88. The van der Waals surface area contributed by atoms with E-state index in [1.165, 1.54) is 6.07 Å². The van der Waals surface area contributed by atoms with E-state index in [-0.39, 0.29) is 37.7 Å². The van der Waals surface area contributed by atoms with E-state index in [0.717, 1.165) is 12.0 Å². The van der Waals surface area contributed by atoms with Crippen LogP contribution in [0, 0.1) is 27.9 Å². The number of hydrogen-bond donors (Lipinski definition) is 0. The van der Waals surface area contributed by atoms with Crippen molar-refractivity contribution in [1.29, 1.82) is 0 Å². The average Bonchev–Trinajstić information content (AvgIpc) is 2.91. The summed E-state index contributed by atoms with van der Waals surface area (Å²) in [6.45, 7) is 3.30. The fourth-order valence-corrected chi connectivity index (χ4v) is 4.01. The lowest BCUT2D eigenvalue weighted by Crippen LogP contribution is -2.27. The third-order valence-electron chi connectivity index (χ3n) is 5.62. The number of ether oxygens (including phenoxy) is 1. The van der Waals surface area contributed by atoms with Gasteiger partial charge in [-0.25, -0.2) is 4.79 Å². The number of benzene rings is 1. The minimum absolute atomic E-state index is 0.136. The lowest BCUT2D eigenvalue weighted by Gasteiger charge is -2.17. The van der Waals surface area contributed by atoms with Crippen LogP contribution in [-0.4, -0.2) is 23.2 Å². The second-order valence-corrected chi connectivity index (χ2v) is 7.57. The number of esters is 1. The molecule has 1 aromatic heterocycles. The first kappa shape index (κ1) is 20.7. The van der Waals surface area contributed by atoms with Crippen LogP contribution in [0.3, 0.4) is 0 Å². The second kappa shape index (κ2) is 8.55. The molecular formula is C21H23NO7. The van der Waals surface area contributed by atoms with Gasteiger partial charge in [-0.05, 0) is 24.0 Å². The summed E-state index contributed by atoms with van der Waals surface area (Å²) in [5, 5.41) is 11.6. The monoisotopic (exact) mass is 401 g/mol. The number of rotatable bonds is 7. The van der Waals surface area contributed by atoms with Crippen molar-refractivity contribution in [3.8, 4) is 0 Å². The summed E-state index contributed by atoms with van der Waals surface area (Å²) in [4.78, 5) is 46.8. The largest absolute Gasteiger partial charge is 0.461 e. The maximum atomic E-state index is 12.3. The van der Waals surface area contributed by atoms with E-state index in [2.05, 4.69) is 0 Å². The van der Waals surface area contributed by atoms with Gasteiger partial charge in [-0.2, -0.15) is 0 Å². The number of carbonyl (C=O) groups excluding carboxylic acids is 2. The van der Waals surface area contributed by atoms with E-state index in [1.807, 2.05) is 19.1 Å². The first-order valence-corrected chi connectivity index (χ1v) is 9.64. The summed E-state index contributed by atoms with van der Waals surface area (Å²) in [7, 11) is 0. The number of hydrogen-bond acceptors (Lipinski definition) is 7. The van der Waals surface area contributed by atoms with Crippen LogP contribution in [-0.2, 0) is 27.4 Å². The molecule has 0 aliphatic heterocycles. The lowest BCUT2D eigenvalue weighted by molar-refractivity contribution is -0.490.